The van der Waals surface area contributed by atoms with Crippen molar-refractivity contribution in [2.45, 2.75) is 18.4 Å². The number of halogens is 1. The molecule has 2 aromatic rings. The number of nitrogens with zero attached hydrogens (tertiary/aromatic N) is 2. The molecular formula is C12H12ClN3O4S. The van der Waals surface area contributed by atoms with Crippen LogP contribution < -0.4 is 4.72 Å². The number of hydrogen-bond donors (Lipinski definition) is 2. The minimum absolute atomic E-state index is 0.113. The van der Waals surface area contributed by atoms with Crippen LogP contribution in [0.1, 0.15) is 5.56 Å². The third-order valence-electron chi connectivity index (χ3n) is 2.65. The van der Waals surface area contributed by atoms with Crippen LogP contribution >= 0.6 is 11.6 Å². The Labute approximate surface area is 126 Å². The molecule has 2 N–H and O–H groups in total. The van der Waals surface area contributed by atoms with Gasteiger partial charge in [-0.2, -0.15) is 5.10 Å². The molecule has 0 aliphatic rings. The summed E-state index contributed by atoms with van der Waals surface area (Å²) in [6.07, 6.45) is 2.25. The van der Waals surface area contributed by atoms with Gasteiger partial charge in [-0.3, -0.25) is 14.2 Å². The second kappa shape index (κ2) is 5.74. The first-order valence-corrected chi connectivity index (χ1v) is 7.67. The minimum Gasteiger partial charge on any atom is -0.480 e. The summed E-state index contributed by atoms with van der Waals surface area (Å²) < 4.78 is 27.8. The summed E-state index contributed by atoms with van der Waals surface area (Å²) >= 11 is 5.81. The van der Waals surface area contributed by atoms with E-state index in [-0.39, 0.29) is 4.90 Å². The molecular weight excluding hydrogens is 318 g/mol. The molecule has 1 heterocycles. The van der Waals surface area contributed by atoms with Crippen molar-refractivity contribution in [1.29, 1.82) is 0 Å². The van der Waals surface area contributed by atoms with Crippen molar-refractivity contribution in [3.63, 3.8) is 0 Å². The molecule has 0 saturated carbocycles. The molecule has 0 radical (unpaired) electrons. The summed E-state index contributed by atoms with van der Waals surface area (Å²) in [4.78, 5) is 10.4. The second-order valence-electron chi connectivity index (χ2n) is 4.33. The van der Waals surface area contributed by atoms with Crippen LogP contribution in [-0.2, 0) is 21.4 Å². The van der Waals surface area contributed by atoms with Crippen molar-refractivity contribution in [1.82, 2.24) is 9.78 Å². The van der Waals surface area contributed by atoms with Crippen molar-refractivity contribution < 1.29 is 18.3 Å². The normalized spacial score (nSPS) is 11.3. The van der Waals surface area contributed by atoms with Gasteiger partial charge in [-0.15, -0.1) is 0 Å². The number of benzene rings is 1. The van der Waals surface area contributed by atoms with Crippen molar-refractivity contribution >= 4 is 33.3 Å². The van der Waals surface area contributed by atoms with E-state index in [1.807, 2.05) is 0 Å². The van der Waals surface area contributed by atoms with Gasteiger partial charge in [0.15, 0.2) is 0 Å². The molecule has 112 valence electrons. The predicted molar refractivity (Wildman–Crippen MR) is 76.9 cm³/mol. The number of carboxylic acid groups (broad SMARTS) is 1. The van der Waals surface area contributed by atoms with Crippen molar-refractivity contribution in [3.8, 4) is 0 Å². The van der Waals surface area contributed by atoms with E-state index in [1.165, 1.54) is 0 Å². The Balaban J connectivity index is 2.25. The number of nitrogens with one attached hydrogen (secondary N) is 1. The summed E-state index contributed by atoms with van der Waals surface area (Å²) in [7, 11) is -3.83. The Hall–Kier alpha value is -2.06. The minimum atomic E-state index is -3.83. The van der Waals surface area contributed by atoms with Gasteiger partial charge in [0.25, 0.3) is 10.0 Å². The first kappa shape index (κ1) is 15.3. The SMILES string of the molecule is Cc1cc(Cl)ccc1NS(=O)(=O)c1cnn(CC(=O)O)c1. The molecule has 0 aliphatic heterocycles. The van der Waals surface area contributed by atoms with E-state index in [0.717, 1.165) is 17.1 Å². The number of aliphatic carboxylic acids is 1. The van der Waals surface area contributed by atoms with Gasteiger partial charge >= 0.3 is 5.97 Å². The maximum Gasteiger partial charge on any atom is 0.325 e. The van der Waals surface area contributed by atoms with E-state index in [2.05, 4.69) is 9.82 Å². The van der Waals surface area contributed by atoms with E-state index in [9.17, 15) is 13.2 Å². The number of carboxylic acids is 1. The molecule has 0 fully saturated rings. The van der Waals surface area contributed by atoms with E-state index >= 15 is 0 Å². The average Bonchev–Trinajstić information content (AvgIpc) is 2.81. The van der Waals surface area contributed by atoms with Crippen LogP contribution in [0.2, 0.25) is 5.02 Å². The smallest absolute Gasteiger partial charge is 0.325 e. The van der Waals surface area contributed by atoms with Gasteiger partial charge in [-0.1, -0.05) is 11.6 Å². The molecule has 2 rings (SSSR count). The molecule has 0 spiro atoms. The molecule has 1 aromatic heterocycles. The van der Waals surface area contributed by atoms with Gasteiger partial charge in [-0.05, 0) is 30.7 Å². The van der Waals surface area contributed by atoms with E-state index in [4.69, 9.17) is 16.7 Å². The fraction of sp³-hybridized carbons (Fsp3) is 0.167. The quantitative estimate of drug-likeness (QED) is 0.869. The number of aryl methyl sites for hydroxylation is 1. The third kappa shape index (κ3) is 3.73. The zero-order valence-corrected chi connectivity index (χ0v) is 12.5. The lowest BCUT2D eigenvalue weighted by Crippen LogP contribution is -2.13. The Morgan fingerprint density at radius 2 is 2.19 bits per heavy atom. The molecule has 0 atom stereocenters. The van der Waals surface area contributed by atoms with Crippen LogP contribution in [0.5, 0.6) is 0 Å². The van der Waals surface area contributed by atoms with Gasteiger partial charge in [0, 0.05) is 11.2 Å². The van der Waals surface area contributed by atoms with Gasteiger partial charge < -0.3 is 5.11 Å². The first-order valence-electron chi connectivity index (χ1n) is 5.81. The summed E-state index contributed by atoms with van der Waals surface area (Å²) in [5.41, 5.74) is 1.06. The molecule has 0 unspecified atom stereocenters. The van der Waals surface area contributed by atoms with Gasteiger partial charge in [-0.25, -0.2) is 8.42 Å². The monoisotopic (exact) mass is 329 g/mol. The van der Waals surface area contributed by atoms with Gasteiger partial charge in [0.05, 0.1) is 11.9 Å². The molecule has 21 heavy (non-hydrogen) atoms. The number of rotatable bonds is 5. The third-order valence-corrected chi connectivity index (χ3v) is 4.21. The highest BCUT2D eigenvalue weighted by atomic mass is 35.5. The maximum absolute atomic E-state index is 12.2. The van der Waals surface area contributed by atoms with E-state index in [0.29, 0.717) is 16.3 Å². The van der Waals surface area contributed by atoms with Crippen LogP contribution in [-0.4, -0.2) is 29.3 Å². The molecule has 9 heteroatoms. The Kier molecular flexibility index (Phi) is 4.19. The highest BCUT2D eigenvalue weighted by molar-refractivity contribution is 7.92. The van der Waals surface area contributed by atoms with Crippen molar-refractivity contribution in [2.24, 2.45) is 0 Å². The molecule has 0 bridgehead atoms. The number of carbonyl (C=O) groups is 1. The largest absolute Gasteiger partial charge is 0.480 e. The topological polar surface area (TPSA) is 101 Å². The Morgan fingerprint density at radius 1 is 1.48 bits per heavy atom. The standard InChI is InChI=1S/C12H12ClN3O4S/c1-8-4-9(13)2-3-11(8)15-21(19,20)10-5-14-16(6-10)7-12(17)18/h2-6,15H,7H2,1H3,(H,17,18). The highest BCUT2D eigenvalue weighted by Crippen LogP contribution is 2.22. The zero-order chi connectivity index (χ0) is 15.6. The predicted octanol–water partition coefficient (Wildman–Crippen LogP) is 1.73. The van der Waals surface area contributed by atoms with E-state index in [1.54, 1.807) is 25.1 Å². The number of anilines is 1. The Bertz CT molecular complexity index is 786. The Morgan fingerprint density at radius 3 is 2.81 bits per heavy atom. The first-order chi connectivity index (χ1) is 9.78. The zero-order valence-electron chi connectivity index (χ0n) is 10.9. The number of sulfonamides is 1. The van der Waals surface area contributed by atoms with Crippen LogP contribution in [0, 0.1) is 6.92 Å². The molecule has 7 nitrogen and oxygen atoms in total. The van der Waals surface area contributed by atoms with E-state index < -0.39 is 22.5 Å². The van der Waals surface area contributed by atoms with Crippen molar-refractivity contribution in [2.75, 3.05) is 4.72 Å². The fourth-order valence-electron chi connectivity index (χ4n) is 1.65. The number of hydrogen-bond acceptors (Lipinski definition) is 4. The molecule has 1 aromatic carbocycles. The summed E-state index contributed by atoms with van der Waals surface area (Å²) in [5.74, 6) is -1.11. The molecule has 0 saturated heterocycles. The van der Waals surface area contributed by atoms with Gasteiger partial charge in [0.1, 0.15) is 11.4 Å². The van der Waals surface area contributed by atoms with Crippen molar-refractivity contribution in [3.05, 3.63) is 41.2 Å². The lowest BCUT2D eigenvalue weighted by molar-refractivity contribution is -0.137. The molecule has 0 aliphatic carbocycles. The summed E-state index contributed by atoms with van der Waals surface area (Å²) in [5, 5.41) is 12.8. The summed E-state index contributed by atoms with van der Waals surface area (Å²) in [6, 6.07) is 4.75. The van der Waals surface area contributed by atoms with Crippen LogP contribution in [0.25, 0.3) is 0 Å². The maximum atomic E-state index is 12.2. The number of aromatic nitrogens is 2. The molecule has 0 amide bonds. The highest BCUT2D eigenvalue weighted by Gasteiger charge is 2.18. The second-order valence-corrected chi connectivity index (χ2v) is 6.45. The lowest BCUT2D eigenvalue weighted by atomic mass is 10.2. The lowest BCUT2D eigenvalue weighted by Gasteiger charge is -2.09. The average molecular weight is 330 g/mol. The van der Waals surface area contributed by atoms with Gasteiger partial charge in [0.2, 0.25) is 0 Å². The summed E-state index contributed by atoms with van der Waals surface area (Å²) in [6.45, 7) is 1.31. The fourth-order valence-corrected chi connectivity index (χ4v) is 2.96. The van der Waals surface area contributed by atoms with Crippen LogP contribution in [0.3, 0.4) is 0 Å². The van der Waals surface area contributed by atoms with Crippen LogP contribution in [0.4, 0.5) is 5.69 Å². The van der Waals surface area contributed by atoms with Crippen LogP contribution in [0.15, 0.2) is 35.5 Å².